The van der Waals surface area contributed by atoms with Crippen molar-refractivity contribution in [3.63, 3.8) is 0 Å². The monoisotopic (exact) mass is 357 g/mol. The highest BCUT2D eigenvalue weighted by Crippen LogP contribution is 2.40. The van der Waals surface area contributed by atoms with Gasteiger partial charge in [0.15, 0.2) is 5.78 Å². The number of halogens is 3. The van der Waals surface area contributed by atoms with Gasteiger partial charge in [0.2, 0.25) is 0 Å². The summed E-state index contributed by atoms with van der Waals surface area (Å²) in [7, 11) is 0. The van der Waals surface area contributed by atoms with Crippen LogP contribution in [0.3, 0.4) is 0 Å². The van der Waals surface area contributed by atoms with Crippen molar-refractivity contribution < 1.29 is 27.5 Å². The second kappa shape index (κ2) is 6.69. The van der Waals surface area contributed by atoms with E-state index >= 15 is 0 Å². The third-order valence-electron chi connectivity index (χ3n) is 4.21. The molecule has 1 unspecified atom stereocenters. The Morgan fingerprint density at radius 1 is 1.24 bits per heavy atom. The Morgan fingerprint density at radius 2 is 1.80 bits per heavy atom. The molecule has 1 aliphatic rings. The third kappa shape index (κ3) is 3.96. The molecule has 4 nitrogen and oxygen atoms in total. The Labute approximate surface area is 144 Å². The van der Waals surface area contributed by atoms with Crippen LogP contribution in [0, 0.1) is 23.4 Å². The van der Waals surface area contributed by atoms with Crippen LogP contribution >= 0.6 is 0 Å². The van der Waals surface area contributed by atoms with Crippen molar-refractivity contribution in [2.24, 2.45) is 5.92 Å². The molecule has 1 aliphatic carbocycles. The lowest BCUT2D eigenvalue weighted by Crippen LogP contribution is -2.57. The van der Waals surface area contributed by atoms with Crippen molar-refractivity contribution in [3.8, 4) is 0 Å². The van der Waals surface area contributed by atoms with Crippen molar-refractivity contribution in [2.75, 3.05) is 0 Å². The number of carbonyl (C=O) groups excluding carboxylic acids is 2. The van der Waals surface area contributed by atoms with Gasteiger partial charge in [-0.2, -0.15) is 0 Å². The van der Waals surface area contributed by atoms with Gasteiger partial charge in [0.25, 0.3) is 0 Å². The zero-order valence-electron chi connectivity index (χ0n) is 14.7. The molecule has 1 N–H and O–H groups in total. The van der Waals surface area contributed by atoms with E-state index in [2.05, 4.69) is 5.32 Å². The first-order valence-corrected chi connectivity index (χ1v) is 8.17. The number of alkyl carbamates (subject to hydrolysis) is 1. The number of rotatable bonds is 2. The van der Waals surface area contributed by atoms with Gasteiger partial charge in [0.05, 0.1) is 5.56 Å². The number of nitrogens with one attached hydrogen (secondary N) is 1. The maximum absolute atomic E-state index is 14.4. The molecular weight excluding hydrogens is 335 g/mol. The van der Waals surface area contributed by atoms with Crippen molar-refractivity contribution in [1.82, 2.24) is 5.32 Å². The average Bonchev–Trinajstić information content (AvgIpc) is 2.41. The smallest absolute Gasteiger partial charge is 0.408 e. The maximum Gasteiger partial charge on any atom is 0.408 e. The van der Waals surface area contributed by atoms with Gasteiger partial charge in [-0.05, 0) is 40.0 Å². The summed E-state index contributed by atoms with van der Waals surface area (Å²) in [5, 5.41) is 2.37. The molecule has 1 aromatic carbocycles. The van der Waals surface area contributed by atoms with Gasteiger partial charge >= 0.3 is 6.09 Å². The molecule has 0 radical (unpaired) electrons. The van der Waals surface area contributed by atoms with E-state index in [1.165, 1.54) is 0 Å². The van der Waals surface area contributed by atoms with Gasteiger partial charge in [0, 0.05) is 18.1 Å². The fourth-order valence-electron chi connectivity index (χ4n) is 3.21. The lowest BCUT2D eigenvalue weighted by molar-refractivity contribution is -0.132. The number of benzene rings is 1. The van der Waals surface area contributed by atoms with Gasteiger partial charge in [-0.1, -0.05) is 6.92 Å². The zero-order valence-corrected chi connectivity index (χ0v) is 14.7. The summed E-state index contributed by atoms with van der Waals surface area (Å²) >= 11 is 0. The normalized spacial score (nSPS) is 24.1. The van der Waals surface area contributed by atoms with Crippen molar-refractivity contribution in [3.05, 3.63) is 35.1 Å². The second-order valence-corrected chi connectivity index (χ2v) is 7.43. The minimum Gasteiger partial charge on any atom is -0.444 e. The molecule has 1 amide bonds. The summed E-state index contributed by atoms with van der Waals surface area (Å²) in [5.41, 5.74) is -3.41. The van der Waals surface area contributed by atoms with E-state index in [0.717, 1.165) is 0 Å². The van der Waals surface area contributed by atoms with Crippen LogP contribution < -0.4 is 5.32 Å². The van der Waals surface area contributed by atoms with E-state index < -0.39 is 51.9 Å². The number of amides is 1. The fourth-order valence-corrected chi connectivity index (χ4v) is 3.21. The largest absolute Gasteiger partial charge is 0.444 e. The molecule has 138 valence electrons. The molecule has 25 heavy (non-hydrogen) atoms. The standard InChI is InChI=1S/C18H22F3NO3/c1-10-6-5-7-18(15(10)23,22-16(24)25-17(2,3)4)14-12(20)8-11(19)9-13(14)21/h8-10H,5-7H2,1-4H3,(H,22,24)/t10?,18-/m1/s1. The fraction of sp³-hybridized carbons (Fsp3) is 0.556. The van der Waals surface area contributed by atoms with Crippen LogP contribution in [0.2, 0.25) is 0 Å². The molecule has 0 heterocycles. The highest BCUT2D eigenvalue weighted by molar-refractivity contribution is 5.95. The molecule has 1 aromatic rings. The molecular formula is C18H22F3NO3. The molecule has 7 heteroatoms. The predicted octanol–water partition coefficient (Wildman–Crippen LogP) is 4.21. The Balaban J connectivity index is 2.55. The summed E-state index contributed by atoms with van der Waals surface area (Å²) in [6.07, 6.45) is 0.0626. The van der Waals surface area contributed by atoms with Crippen LogP contribution in [0.15, 0.2) is 12.1 Å². The number of ketones is 1. The molecule has 1 fully saturated rings. The average molecular weight is 357 g/mol. The van der Waals surface area contributed by atoms with Gasteiger partial charge in [0.1, 0.15) is 28.6 Å². The Kier molecular flexibility index (Phi) is 5.16. The highest BCUT2D eigenvalue weighted by atomic mass is 19.1. The number of hydrogen-bond donors (Lipinski definition) is 1. The van der Waals surface area contributed by atoms with Crippen LogP contribution in [-0.2, 0) is 15.1 Å². The second-order valence-electron chi connectivity index (χ2n) is 7.43. The Hall–Kier alpha value is -2.05. The number of Topliss-reactive ketones (excluding diaryl/α,β-unsaturated/α-hetero) is 1. The van der Waals surface area contributed by atoms with Crippen molar-refractivity contribution >= 4 is 11.9 Å². The molecule has 2 atom stereocenters. The zero-order chi connectivity index (χ0) is 19.0. The predicted molar refractivity (Wildman–Crippen MR) is 85.4 cm³/mol. The molecule has 0 aliphatic heterocycles. The Morgan fingerprint density at radius 3 is 2.32 bits per heavy atom. The molecule has 0 saturated heterocycles. The SMILES string of the molecule is CC1CCC[C@@](NC(=O)OC(C)(C)C)(c2c(F)cc(F)cc2F)C1=O. The lowest BCUT2D eigenvalue weighted by atomic mass is 9.71. The van der Waals surface area contributed by atoms with Crippen LogP contribution in [0.4, 0.5) is 18.0 Å². The number of hydrogen-bond acceptors (Lipinski definition) is 3. The molecule has 0 spiro atoms. The topological polar surface area (TPSA) is 55.4 Å². The lowest BCUT2D eigenvalue weighted by Gasteiger charge is -2.40. The first-order chi connectivity index (χ1) is 11.5. The van der Waals surface area contributed by atoms with Gasteiger partial charge in [-0.3, -0.25) is 4.79 Å². The Bertz CT molecular complexity index is 676. The highest BCUT2D eigenvalue weighted by Gasteiger charge is 2.49. The first kappa shape index (κ1) is 19.3. The molecule has 1 saturated carbocycles. The van der Waals surface area contributed by atoms with Crippen LogP contribution in [0.5, 0.6) is 0 Å². The minimum absolute atomic E-state index is 0.00882. The van der Waals surface area contributed by atoms with Crippen LogP contribution in [0.1, 0.15) is 52.5 Å². The van der Waals surface area contributed by atoms with Gasteiger partial charge < -0.3 is 10.1 Å². The summed E-state index contributed by atoms with van der Waals surface area (Å²) in [6.45, 7) is 6.52. The quantitative estimate of drug-likeness (QED) is 0.862. The van der Waals surface area contributed by atoms with Crippen molar-refractivity contribution in [1.29, 1.82) is 0 Å². The summed E-state index contributed by atoms with van der Waals surface area (Å²) in [4.78, 5) is 25.1. The molecule has 2 rings (SSSR count). The van der Waals surface area contributed by atoms with E-state index in [1.807, 2.05) is 0 Å². The number of ether oxygens (including phenoxy) is 1. The van der Waals surface area contributed by atoms with Crippen molar-refractivity contribution in [2.45, 2.75) is 58.1 Å². The first-order valence-electron chi connectivity index (χ1n) is 8.17. The van der Waals surface area contributed by atoms with E-state index in [0.29, 0.717) is 25.0 Å². The van der Waals surface area contributed by atoms with Gasteiger partial charge in [-0.25, -0.2) is 18.0 Å². The van der Waals surface area contributed by atoms with Gasteiger partial charge in [-0.15, -0.1) is 0 Å². The van der Waals surface area contributed by atoms with E-state index in [1.54, 1.807) is 27.7 Å². The molecule has 0 bridgehead atoms. The van der Waals surface area contributed by atoms with E-state index in [9.17, 15) is 22.8 Å². The van der Waals surface area contributed by atoms with Crippen LogP contribution in [0.25, 0.3) is 0 Å². The summed E-state index contributed by atoms with van der Waals surface area (Å²) < 4.78 is 47.2. The third-order valence-corrected chi connectivity index (χ3v) is 4.21. The number of carbonyl (C=O) groups is 2. The van der Waals surface area contributed by atoms with E-state index in [-0.39, 0.29) is 6.42 Å². The van der Waals surface area contributed by atoms with Crippen LogP contribution in [-0.4, -0.2) is 17.5 Å². The minimum atomic E-state index is -1.91. The maximum atomic E-state index is 14.4. The summed E-state index contributed by atoms with van der Waals surface area (Å²) in [5.74, 6) is -4.55. The van der Waals surface area contributed by atoms with E-state index in [4.69, 9.17) is 4.74 Å². The summed E-state index contributed by atoms with van der Waals surface area (Å²) in [6, 6.07) is 1.01. The molecule has 0 aromatic heterocycles.